The summed E-state index contributed by atoms with van der Waals surface area (Å²) in [5, 5.41) is 3.09. The molecule has 0 radical (unpaired) electrons. The van der Waals surface area contributed by atoms with E-state index in [-0.39, 0.29) is 24.6 Å². The summed E-state index contributed by atoms with van der Waals surface area (Å²) in [6.07, 6.45) is 0.890. The summed E-state index contributed by atoms with van der Waals surface area (Å²) in [4.78, 5) is 14.7. The molecule has 0 fully saturated rings. The van der Waals surface area contributed by atoms with E-state index in [0.717, 1.165) is 36.6 Å². The van der Waals surface area contributed by atoms with Crippen LogP contribution < -0.4 is 19.5 Å². The normalized spacial score (nSPS) is 16.9. The number of methoxy groups -OCH3 is 4. The number of rotatable bonds is 9. The van der Waals surface area contributed by atoms with E-state index in [4.69, 9.17) is 18.9 Å². The van der Waals surface area contributed by atoms with E-state index < -0.39 is 0 Å². The second kappa shape index (κ2) is 10.5. The first-order valence-corrected chi connectivity index (χ1v) is 10.4. The van der Waals surface area contributed by atoms with Crippen LogP contribution in [0.2, 0.25) is 0 Å². The van der Waals surface area contributed by atoms with Crippen LogP contribution in [0.3, 0.4) is 0 Å². The summed E-state index contributed by atoms with van der Waals surface area (Å²) < 4.78 is 21.3. The second-order valence-electron chi connectivity index (χ2n) is 7.71. The van der Waals surface area contributed by atoms with Gasteiger partial charge in [-0.1, -0.05) is 12.1 Å². The van der Waals surface area contributed by atoms with Crippen molar-refractivity contribution in [3.63, 3.8) is 0 Å². The van der Waals surface area contributed by atoms with Crippen LogP contribution in [0.1, 0.15) is 29.7 Å². The van der Waals surface area contributed by atoms with E-state index in [1.54, 1.807) is 21.3 Å². The number of carbonyl (C=O) groups is 1. The lowest BCUT2D eigenvalue weighted by Gasteiger charge is -2.41. The first-order chi connectivity index (χ1) is 15.0. The van der Waals surface area contributed by atoms with Crippen LogP contribution >= 0.6 is 0 Å². The quantitative estimate of drug-likeness (QED) is 0.662. The van der Waals surface area contributed by atoms with Crippen molar-refractivity contribution in [1.82, 2.24) is 10.2 Å². The third kappa shape index (κ3) is 5.29. The lowest BCUT2D eigenvalue weighted by Crippen LogP contribution is -2.48. The van der Waals surface area contributed by atoms with Gasteiger partial charge in [0.05, 0.1) is 27.4 Å². The Balaban J connectivity index is 1.95. The van der Waals surface area contributed by atoms with Crippen molar-refractivity contribution in [3.05, 3.63) is 53.1 Å². The molecule has 1 aliphatic heterocycles. The molecule has 31 heavy (non-hydrogen) atoms. The molecule has 2 aromatic rings. The molecule has 7 heteroatoms. The van der Waals surface area contributed by atoms with Gasteiger partial charge in [-0.25, -0.2) is 0 Å². The minimum Gasteiger partial charge on any atom is -0.497 e. The monoisotopic (exact) mass is 428 g/mol. The highest BCUT2D eigenvalue weighted by atomic mass is 16.5. The molecule has 0 bridgehead atoms. The van der Waals surface area contributed by atoms with Crippen molar-refractivity contribution in [2.24, 2.45) is 0 Å². The number of amides is 1. The maximum Gasteiger partial charge on any atom is 0.246 e. The lowest BCUT2D eigenvalue weighted by atomic mass is 9.87. The molecule has 1 N–H and O–H groups in total. The van der Waals surface area contributed by atoms with Gasteiger partial charge in [-0.05, 0) is 54.3 Å². The molecule has 0 saturated heterocycles. The minimum atomic E-state index is -0.132. The van der Waals surface area contributed by atoms with Crippen molar-refractivity contribution in [1.29, 1.82) is 0 Å². The highest BCUT2D eigenvalue weighted by Gasteiger charge is 2.33. The number of nitrogens with one attached hydrogen (secondary N) is 1. The maximum atomic E-state index is 12.3. The van der Waals surface area contributed by atoms with Crippen LogP contribution in [0.4, 0.5) is 0 Å². The standard InChI is InChI=1S/C24H32N2O5/c1-16(25-23(27)15-28-2)24-20-13-22(31-5)21(30-4)12-18(20)10-11-26(24)14-17-6-8-19(29-3)9-7-17/h6-9,12-13,16,24H,10-11,14-15H2,1-5H3,(H,25,27). The molecule has 2 atom stereocenters. The van der Waals surface area contributed by atoms with Gasteiger partial charge in [0, 0.05) is 26.2 Å². The molecule has 0 aromatic heterocycles. The number of benzene rings is 2. The molecular weight excluding hydrogens is 396 g/mol. The fraction of sp³-hybridized carbons (Fsp3) is 0.458. The Hall–Kier alpha value is -2.77. The molecule has 1 amide bonds. The van der Waals surface area contributed by atoms with Crippen LogP contribution in [0, 0.1) is 0 Å². The average molecular weight is 429 g/mol. The first kappa shape index (κ1) is 22.9. The third-order valence-corrected chi connectivity index (χ3v) is 5.71. The maximum absolute atomic E-state index is 12.3. The summed E-state index contributed by atoms with van der Waals surface area (Å²) in [7, 11) is 6.47. The zero-order valence-electron chi connectivity index (χ0n) is 18.9. The second-order valence-corrected chi connectivity index (χ2v) is 7.71. The Morgan fingerprint density at radius 2 is 1.74 bits per heavy atom. The zero-order chi connectivity index (χ0) is 22.4. The highest BCUT2D eigenvalue weighted by molar-refractivity contribution is 5.77. The van der Waals surface area contributed by atoms with Gasteiger partial charge in [-0.2, -0.15) is 0 Å². The molecule has 0 saturated carbocycles. The summed E-state index contributed by atoms with van der Waals surface area (Å²) in [6, 6.07) is 12.0. The predicted molar refractivity (Wildman–Crippen MR) is 119 cm³/mol. The van der Waals surface area contributed by atoms with Crippen LogP contribution in [0.5, 0.6) is 17.2 Å². The number of hydrogen-bond acceptors (Lipinski definition) is 6. The van der Waals surface area contributed by atoms with E-state index in [0.29, 0.717) is 5.75 Å². The number of carbonyl (C=O) groups excluding carboxylic acids is 1. The summed E-state index contributed by atoms with van der Waals surface area (Å²) in [5.74, 6) is 2.11. The van der Waals surface area contributed by atoms with Crippen LogP contribution in [0.15, 0.2) is 36.4 Å². The summed E-state index contributed by atoms with van der Waals surface area (Å²) in [5.41, 5.74) is 3.54. The van der Waals surface area contributed by atoms with Gasteiger partial charge in [0.1, 0.15) is 12.4 Å². The molecule has 2 unspecified atom stereocenters. The summed E-state index contributed by atoms with van der Waals surface area (Å²) >= 11 is 0. The molecule has 0 aliphatic carbocycles. The van der Waals surface area contributed by atoms with Crippen molar-refractivity contribution in [3.8, 4) is 17.2 Å². The van der Waals surface area contributed by atoms with Gasteiger partial charge in [0.25, 0.3) is 0 Å². The zero-order valence-corrected chi connectivity index (χ0v) is 18.9. The van der Waals surface area contributed by atoms with Crippen molar-refractivity contribution < 1.29 is 23.7 Å². The lowest BCUT2D eigenvalue weighted by molar-refractivity contribution is -0.125. The Kier molecular flexibility index (Phi) is 7.76. The fourth-order valence-electron chi connectivity index (χ4n) is 4.26. The minimum absolute atomic E-state index is 0.0218. The Morgan fingerprint density at radius 3 is 2.35 bits per heavy atom. The van der Waals surface area contributed by atoms with Gasteiger partial charge in [-0.15, -0.1) is 0 Å². The topological polar surface area (TPSA) is 69.3 Å². The molecule has 0 spiro atoms. The van der Waals surface area contributed by atoms with Crippen LogP contribution in [-0.2, 0) is 22.5 Å². The largest absolute Gasteiger partial charge is 0.497 e. The average Bonchev–Trinajstić information content (AvgIpc) is 2.78. The molecule has 1 aliphatic rings. The Morgan fingerprint density at radius 1 is 1.06 bits per heavy atom. The molecule has 168 valence electrons. The van der Waals surface area contributed by atoms with E-state index in [9.17, 15) is 4.79 Å². The number of fused-ring (bicyclic) bond motifs is 1. The van der Waals surface area contributed by atoms with Gasteiger partial charge in [0.2, 0.25) is 5.91 Å². The van der Waals surface area contributed by atoms with Crippen molar-refractivity contribution in [2.45, 2.75) is 32.0 Å². The SMILES string of the molecule is COCC(=O)NC(C)C1c2cc(OC)c(OC)cc2CCN1Cc1ccc(OC)cc1. The Bertz CT molecular complexity index is 884. The highest BCUT2D eigenvalue weighted by Crippen LogP contribution is 2.40. The number of ether oxygens (including phenoxy) is 4. The molecule has 1 heterocycles. The number of nitrogens with zero attached hydrogens (tertiary/aromatic N) is 1. The Labute approximate surface area is 184 Å². The van der Waals surface area contributed by atoms with Gasteiger partial charge < -0.3 is 24.3 Å². The third-order valence-electron chi connectivity index (χ3n) is 5.71. The summed E-state index contributed by atoms with van der Waals surface area (Å²) in [6.45, 7) is 3.69. The van der Waals surface area contributed by atoms with Crippen LogP contribution in [-0.4, -0.2) is 58.4 Å². The van der Waals surface area contributed by atoms with Crippen molar-refractivity contribution in [2.75, 3.05) is 41.6 Å². The van der Waals surface area contributed by atoms with Gasteiger partial charge in [-0.3, -0.25) is 9.69 Å². The van der Waals surface area contributed by atoms with E-state index in [1.807, 2.05) is 25.1 Å². The van der Waals surface area contributed by atoms with Crippen molar-refractivity contribution >= 4 is 5.91 Å². The molecular formula is C24H32N2O5. The number of hydrogen-bond donors (Lipinski definition) is 1. The fourth-order valence-corrected chi connectivity index (χ4v) is 4.26. The van der Waals surface area contributed by atoms with E-state index in [1.165, 1.54) is 18.2 Å². The van der Waals surface area contributed by atoms with Gasteiger partial charge in [0.15, 0.2) is 11.5 Å². The van der Waals surface area contributed by atoms with E-state index in [2.05, 4.69) is 28.4 Å². The predicted octanol–water partition coefficient (Wildman–Crippen LogP) is 2.96. The first-order valence-electron chi connectivity index (χ1n) is 10.4. The van der Waals surface area contributed by atoms with Crippen LogP contribution in [0.25, 0.3) is 0 Å². The molecule has 7 nitrogen and oxygen atoms in total. The molecule has 2 aromatic carbocycles. The van der Waals surface area contributed by atoms with E-state index >= 15 is 0 Å². The molecule has 3 rings (SSSR count). The smallest absolute Gasteiger partial charge is 0.246 e. The van der Waals surface area contributed by atoms with Gasteiger partial charge >= 0.3 is 0 Å².